The van der Waals surface area contributed by atoms with Crippen LogP contribution in [-0.4, -0.2) is 11.9 Å². The molecule has 4 heteroatoms. The van der Waals surface area contributed by atoms with Crippen molar-refractivity contribution in [2.45, 2.75) is 52.1 Å². The van der Waals surface area contributed by atoms with Gasteiger partial charge in [-0.15, -0.1) is 11.3 Å². The van der Waals surface area contributed by atoms with Gasteiger partial charge in [0.25, 0.3) is 0 Å². The first-order valence-electron chi connectivity index (χ1n) is 6.52. The van der Waals surface area contributed by atoms with Crippen LogP contribution in [0.3, 0.4) is 0 Å². The molecular formula is C14H22N2OS. The van der Waals surface area contributed by atoms with E-state index >= 15 is 0 Å². The molecule has 1 aliphatic rings. The number of rotatable bonds is 2. The Morgan fingerprint density at radius 2 is 2.28 bits per heavy atom. The molecule has 100 valence electrons. The van der Waals surface area contributed by atoms with Crippen LogP contribution in [0.1, 0.15) is 50.1 Å². The highest BCUT2D eigenvalue weighted by atomic mass is 32.1. The summed E-state index contributed by atoms with van der Waals surface area (Å²) in [5.74, 6) is -0.0356. The lowest BCUT2D eigenvalue weighted by Crippen LogP contribution is -2.49. The van der Waals surface area contributed by atoms with Crippen molar-refractivity contribution < 1.29 is 4.79 Å². The molecule has 0 aromatic carbocycles. The fraction of sp³-hybridized carbons (Fsp3) is 0.643. The summed E-state index contributed by atoms with van der Waals surface area (Å²) in [6.07, 6.45) is 3.31. The van der Waals surface area contributed by atoms with E-state index in [1.165, 1.54) is 10.4 Å². The summed E-state index contributed by atoms with van der Waals surface area (Å²) < 4.78 is 0. The van der Waals surface area contributed by atoms with Crippen LogP contribution in [-0.2, 0) is 11.2 Å². The van der Waals surface area contributed by atoms with Gasteiger partial charge >= 0.3 is 0 Å². The molecule has 2 rings (SSSR count). The van der Waals surface area contributed by atoms with E-state index in [1.54, 1.807) is 11.3 Å². The molecule has 1 heterocycles. The molecule has 0 radical (unpaired) electrons. The van der Waals surface area contributed by atoms with E-state index in [4.69, 9.17) is 5.73 Å². The molecule has 3 N–H and O–H groups in total. The molecule has 1 aliphatic carbocycles. The maximum absolute atomic E-state index is 12.2. The minimum Gasteiger partial charge on any atom is -0.348 e. The Balaban J connectivity index is 2.06. The van der Waals surface area contributed by atoms with Gasteiger partial charge in [0.1, 0.15) is 0 Å². The van der Waals surface area contributed by atoms with Crippen LogP contribution in [0.2, 0.25) is 0 Å². The number of thiophene rings is 1. The van der Waals surface area contributed by atoms with E-state index < -0.39 is 6.04 Å². The van der Waals surface area contributed by atoms with Gasteiger partial charge in [-0.05, 0) is 41.7 Å². The lowest BCUT2D eigenvalue weighted by Gasteiger charge is -2.30. The van der Waals surface area contributed by atoms with Crippen molar-refractivity contribution in [2.75, 3.05) is 0 Å². The summed E-state index contributed by atoms with van der Waals surface area (Å²) in [6.45, 7) is 5.98. The maximum atomic E-state index is 12.2. The van der Waals surface area contributed by atoms with E-state index in [-0.39, 0.29) is 17.4 Å². The second-order valence-corrected chi connectivity index (χ2v) is 7.10. The molecule has 0 saturated heterocycles. The van der Waals surface area contributed by atoms with Crippen LogP contribution < -0.4 is 11.1 Å². The molecule has 0 fully saturated rings. The zero-order valence-corrected chi connectivity index (χ0v) is 12.1. The van der Waals surface area contributed by atoms with Crippen molar-refractivity contribution in [3.63, 3.8) is 0 Å². The number of fused-ring (bicyclic) bond motifs is 1. The van der Waals surface area contributed by atoms with Gasteiger partial charge in [0, 0.05) is 4.88 Å². The van der Waals surface area contributed by atoms with Gasteiger partial charge in [0.2, 0.25) is 5.91 Å². The number of amides is 1. The van der Waals surface area contributed by atoms with E-state index in [0.717, 1.165) is 19.3 Å². The van der Waals surface area contributed by atoms with Crippen LogP contribution in [0.4, 0.5) is 0 Å². The number of hydrogen-bond donors (Lipinski definition) is 2. The molecule has 1 amide bonds. The van der Waals surface area contributed by atoms with E-state index in [0.29, 0.717) is 0 Å². The van der Waals surface area contributed by atoms with Gasteiger partial charge in [-0.1, -0.05) is 20.8 Å². The summed E-state index contributed by atoms with van der Waals surface area (Å²) in [6, 6.07) is 1.83. The van der Waals surface area contributed by atoms with Gasteiger partial charge in [0.15, 0.2) is 0 Å². The zero-order valence-electron chi connectivity index (χ0n) is 11.3. The lowest BCUT2D eigenvalue weighted by atomic mass is 9.86. The SMILES string of the molecule is CC(C)(C)[C@H](N)C(=O)NC1CCCc2sccc21. The van der Waals surface area contributed by atoms with Gasteiger partial charge in [0.05, 0.1) is 12.1 Å². The smallest absolute Gasteiger partial charge is 0.237 e. The molecule has 2 atom stereocenters. The first kappa shape index (κ1) is 13.6. The number of carbonyl (C=O) groups excluding carboxylic acids is 1. The predicted molar refractivity (Wildman–Crippen MR) is 75.6 cm³/mol. The topological polar surface area (TPSA) is 55.1 Å². The van der Waals surface area contributed by atoms with Crippen molar-refractivity contribution in [3.05, 3.63) is 21.9 Å². The summed E-state index contributed by atoms with van der Waals surface area (Å²) in [4.78, 5) is 13.6. The number of hydrogen-bond acceptors (Lipinski definition) is 3. The van der Waals surface area contributed by atoms with E-state index in [1.807, 2.05) is 20.8 Å². The molecule has 18 heavy (non-hydrogen) atoms. The largest absolute Gasteiger partial charge is 0.348 e. The molecule has 0 saturated carbocycles. The number of carbonyl (C=O) groups is 1. The van der Waals surface area contributed by atoms with Gasteiger partial charge in [-0.2, -0.15) is 0 Å². The highest BCUT2D eigenvalue weighted by Crippen LogP contribution is 2.33. The summed E-state index contributed by atoms with van der Waals surface area (Å²) >= 11 is 1.79. The van der Waals surface area contributed by atoms with Gasteiger partial charge in [-0.25, -0.2) is 0 Å². The summed E-state index contributed by atoms with van der Waals surface area (Å²) in [5.41, 5.74) is 7.09. The van der Waals surface area contributed by atoms with E-state index in [2.05, 4.69) is 16.8 Å². The molecule has 0 spiro atoms. The summed E-state index contributed by atoms with van der Waals surface area (Å²) in [7, 11) is 0. The Bertz CT molecular complexity index is 433. The monoisotopic (exact) mass is 266 g/mol. The summed E-state index contributed by atoms with van der Waals surface area (Å²) in [5, 5.41) is 5.22. The molecule has 0 bridgehead atoms. The van der Waals surface area contributed by atoms with Gasteiger partial charge < -0.3 is 11.1 Å². The first-order valence-corrected chi connectivity index (χ1v) is 7.40. The number of nitrogens with two attached hydrogens (primary N) is 1. The Labute approximate surface area is 113 Å². The molecule has 0 aliphatic heterocycles. The first-order chi connectivity index (χ1) is 8.39. The van der Waals surface area contributed by atoms with Crippen LogP contribution >= 0.6 is 11.3 Å². The zero-order chi connectivity index (χ0) is 13.3. The van der Waals surface area contributed by atoms with E-state index in [9.17, 15) is 4.79 Å². The average molecular weight is 266 g/mol. The maximum Gasteiger partial charge on any atom is 0.237 e. The molecule has 1 aromatic heterocycles. The Morgan fingerprint density at radius 3 is 2.94 bits per heavy atom. The Morgan fingerprint density at radius 1 is 1.56 bits per heavy atom. The molecule has 1 aromatic rings. The molecular weight excluding hydrogens is 244 g/mol. The third-order valence-electron chi connectivity index (χ3n) is 3.58. The average Bonchev–Trinajstić information content (AvgIpc) is 2.75. The second-order valence-electron chi connectivity index (χ2n) is 6.10. The number of nitrogens with one attached hydrogen (secondary N) is 1. The third kappa shape index (κ3) is 2.75. The quantitative estimate of drug-likeness (QED) is 0.864. The van der Waals surface area contributed by atoms with Crippen molar-refractivity contribution in [1.29, 1.82) is 0 Å². The second kappa shape index (κ2) is 5.02. The Kier molecular flexibility index (Phi) is 3.78. The Hall–Kier alpha value is -0.870. The van der Waals surface area contributed by atoms with Crippen LogP contribution in [0.25, 0.3) is 0 Å². The molecule has 3 nitrogen and oxygen atoms in total. The minimum atomic E-state index is -0.457. The normalized spacial score (nSPS) is 21.2. The third-order valence-corrected chi connectivity index (χ3v) is 4.58. The van der Waals surface area contributed by atoms with Crippen LogP contribution in [0, 0.1) is 5.41 Å². The van der Waals surface area contributed by atoms with Crippen molar-refractivity contribution in [1.82, 2.24) is 5.32 Å². The van der Waals surface area contributed by atoms with Crippen LogP contribution in [0.5, 0.6) is 0 Å². The molecule has 1 unspecified atom stereocenters. The lowest BCUT2D eigenvalue weighted by molar-refractivity contribution is -0.125. The van der Waals surface area contributed by atoms with Crippen LogP contribution in [0.15, 0.2) is 11.4 Å². The van der Waals surface area contributed by atoms with Crippen molar-refractivity contribution >= 4 is 17.2 Å². The number of aryl methyl sites for hydroxylation is 1. The fourth-order valence-electron chi connectivity index (χ4n) is 2.29. The fourth-order valence-corrected chi connectivity index (χ4v) is 3.28. The standard InChI is InChI=1S/C14H22N2OS/c1-14(2,3)12(15)13(17)16-10-5-4-6-11-9(10)7-8-18-11/h7-8,10,12H,4-6,15H2,1-3H3,(H,16,17)/t10?,12-/m1/s1. The minimum absolute atomic E-state index is 0.0356. The predicted octanol–water partition coefficient (Wildman–Crippen LogP) is 2.62. The van der Waals surface area contributed by atoms with Crippen molar-refractivity contribution in [2.24, 2.45) is 11.1 Å². The highest BCUT2D eigenvalue weighted by molar-refractivity contribution is 7.10. The highest BCUT2D eigenvalue weighted by Gasteiger charge is 2.30. The van der Waals surface area contributed by atoms with Gasteiger partial charge in [-0.3, -0.25) is 4.79 Å². The van der Waals surface area contributed by atoms with Crippen molar-refractivity contribution in [3.8, 4) is 0 Å².